The molecule has 1 fully saturated rings. The van der Waals surface area contributed by atoms with Gasteiger partial charge in [0.1, 0.15) is 0 Å². The number of hydrogen-bond acceptors (Lipinski definition) is 3. The van der Waals surface area contributed by atoms with Crippen LogP contribution < -0.4 is 11.1 Å². The van der Waals surface area contributed by atoms with Crippen molar-refractivity contribution < 1.29 is 4.79 Å². The molecule has 2 atom stereocenters. The quantitative estimate of drug-likeness (QED) is 0.740. The second kappa shape index (κ2) is 6.30. The van der Waals surface area contributed by atoms with Gasteiger partial charge < -0.3 is 11.1 Å². The van der Waals surface area contributed by atoms with Crippen LogP contribution in [-0.4, -0.2) is 29.5 Å². The average Bonchev–Trinajstić information content (AvgIpc) is 2.29. The van der Waals surface area contributed by atoms with Gasteiger partial charge in [-0.1, -0.05) is 0 Å². The number of carbonyl (C=O) groups excluding carboxylic acids is 1. The lowest BCUT2D eigenvalue weighted by atomic mass is 10.2. The van der Waals surface area contributed by atoms with Gasteiger partial charge in [0.15, 0.2) is 0 Å². The molecular formula is C10H20N2OS. The number of nitrogens with one attached hydrogen (secondary N) is 1. The molecule has 0 spiro atoms. The largest absolute Gasteiger partial charge is 0.356 e. The van der Waals surface area contributed by atoms with E-state index in [9.17, 15) is 4.79 Å². The summed E-state index contributed by atoms with van der Waals surface area (Å²) < 4.78 is 0. The highest BCUT2D eigenvalue weighted by molar-refractivity contribution is 7.99. The third-order valence-electron chi connectivity index (χ3n) is 2.36. The fourth-order valence-electron chi connectivity index (χ4n) is 1.50. The van der Waals surface area contributed by atoms with Gasteiger partial charge in [-0.25, -0.2) is 0 Å². The molecule has 0 aromatic heterocycles. The molecular weight excluding hydrogens is 196 g/mol. The van der Waals surface area contributed by atoms with Crippen LogP contribution in [0.5, 0.6) is 0 Å². The Morgan fingerprint density at radius 3 is 3.21 bits per heavy atom. The maximum Gasteiger partial charge on any atom is 0.221 e. The first kappa shape index (κ1) is 11.9. The van der Waals surface area contributed by atoms with E-state index in [-0.39, 0.29) is 11.9 Å². The van der Waals surface area contributed by atoms with E-state index in [0.717, 1.165) is 31.6 Å². The van der Waals surface area contributed by atoms with Crippen LogP contribution in [-0.2, 0) is 4.79 Å². The Kier molecular flexibility index (Phi) is 5.33. The summed E-state index contributed by atoms with van der Waals surface area (Å²) in [7, 11) is 0. The van der Waals surface area contributed by atoms with E-state index in [1.165, 1.54) is 0 Å². The van der Waals surface area contributed by atoms with Gasteiger partial charge in [0, 0.05) is 24.3 Å². The Bertz CT molecular complexity index is 185. The topological polar surface area (TPSA) is 55.1 Å². The highest BCUT2D eigenvalue weighted by Crippen LogP contribution is 2.22. The third-order valence-corrected chi connectivity index (χ3v) is 3.71. The molecule has 2 unspecified atom stereocenters. The maximum absolute atomic E-state index is 11.2. The van der Waals surface area contributed by atoms with Crippen LogP contribution in [0.4, 0.5) is 0 Å². The van der Waals surface area contributed by atoms with Gasteiger partial charge in [0.25, 0.3) is 0 Å². The van der Waals surface area contributed by atoms with Crippen LogP contribution >= 0.6 is 11.8 Å². The first-order valence-corrected chi connectivity index (χ1v) is 6.37. The minimum atomic E-state index is 0.209. The zero-order chi connectivity index (χ0) is 10.4. The van der Waals surface area contributed by atoms with Crippen LogP contribution in [0.25, 0.3) is 0 Å². The van der Waals surface area contributed by atoms with E-state index in [1.807, 2.05) is 18.7 Å². The molecule has 3 N–H and O–H groups in total. The summed E-state index contributed by atoms with van der Waals surface area (Å²) in [6.45, 7) is 2.88. The molecule has 0 aromatic carbocycles. The molecule has 1 heterocycles. The number of thioether (sulfide) groups is 1. The smallest absolute Gasteiger partial charge is 0.221 e. The highest BCUT2D eigenvalue weighted by Gasteiger charge is 2.17. The molecule has 0 bridgehead atoms. The molecule has 1 aliphatic rings. The fraction of sp³-hybridized carbons (Fsp3) is 0.900. The van der Waals surface area contributed by atoms with Crippen molar-refractivity contribution in [2.75, 3.05) is 12.3 Å². The van der Waals surface area contributed by atoms with Gasteiger partial charge in [0.2, 0.25) is 5.91 Å². The lowest BCUT2D eigenvalue weighted by Crippen LogP contribution is -2.23. The van der Waals surface area contributed by atoms with E-state index in [0.29, 0.717) is 11.7 Å². The SMILES string of the molecule is CC(N)CCSC1CCCNC(=O)C1. The summed E-state index contributed by atoms with van der Waals surface area (Å²) >= 11 is 1.90. The van der Waals surface area contributed by atoms with Crippen LogP contribution in [0.3, 0.4) is 0 Å². The summed E-state index contributed by atoms with van der Waals surface area (Å²) in [6, 6.07) is 0.280. The molecule has 14 heavy (non-hydrogen) atoms. The van der Waals surface area contributed by atoms with Crippen molar-refractivity contribution in [2.45, 2.75) is 43.9 Å². The number of nitrogens with two attached hydrogens (primary N) is 1. The van der Waals surface area contributed by atoms with E-state index in [2.05, 4.69) is 5.32 Å². The first-order valence-electron chi connectivity index (χ1n) is 5.32. The van der Waals surface area contributed by atoms with Gasteiger partial charge in [-0.3, -0.25) is 4.79 Å². The zero-order valence-electron chi connectivity index (χ0n) is 8.79. The van der Waals surface area contributed by atoms with Crippen LogP contribution in [0.1, 0.15) is 32.6 Å². The van der Waals surface area contributed by atoms with Crippen molar-refractivity contribution in [3.05, 3.63) is 0 Å². The van der Waals surface area contributed by atoms with Crippen molar-refractivity contribution >= 4 is 17.7 Å². The first-order chi connectivity index (χ1) is 6.68. The van der Waals surface area contributed by atoms with Gasteiger partial charge in [-0.2, -0.15) is 11.8 Å². The molecule has 0 saturated carbocycles. The zero-order valence-corrected chi connectivity index (χ0v) is 9.61. The summed E-state index contributed by atoms with van der Waals surface area (Å²) in [5.74, 6) is 1.29. The van der Waals surface area contributed by atoms with Crippen LogP contribution in [0, 0.1) is 0 Å². The molecule has 1 saturated heterocycles. The molecule has 82 valence electrons. The van der Waals surface area contributed by atoms with Crippen molar-refractivity contribution in [2.24, 2.45) is 5.73 Å². The van der Waals surface area contributed by atoms with E-state index in [4.69, 9.17) is 5.73 Å². The van der Waals surface area contributed by atoms with Gasteiger partial charge in [-0.15, -0.1) is 0 Å². The summed E-state index contributed by atoms with van der Waals surface area (Å²) in [6.07, 6.45) is 4.00. The Morgan fingerprint density at radius 1 is 1.71 bits per heavy atom. The van der Waals surface area contributed by atoms with Gasteiger partial charge >= 0.3 is 0 Å². The predicted molar refractivity (Wildman–Crippen MR) is 61.4 cm³/mol. The summed E-state index contributed by atoms with van der Waals surface area (Å²) in [4.78, 5) is 11.2. The Labute approximate surface area is 90.2 Å². The fourth-order valence-corrected chi connectivity index (χ4v) is 2.95. The lowest BCUT2D eigenvalue weighted by Gasteiger charge is -2.12. The van der Waals surface area contributed by atoms with Crippen LogP contribution in [0.2, 0.25) is 0 Å². The van der Waals surface area contributed by atoms with Crippen molar-refractivity contribution in [3.63, 3.8) is 0 Å². The average molecular weight is 216 g/mol. The molecule has 0 radical (unpaired) electrons. The van der Waals surface area contributed by atoms with Crippen molar-refractivity contribution in [3.8, 4) is 0 Å². The number of hydrogen-bond donors (Lipinski definition) is 2. The molecule has 3 nitrogen and oxygen atoms in total. The number of rotatable bonds is 4. The molecule has 1 aliphatic heterocycles. The minimum absolute atomic E-state index is 0.209. The second-order valence-corrected chi connectivity index (χ2v) is 5.36. The standard InChI is InChI=1S/C10H20N2OS/c1-8(11)4-6-14-9-3-2-5-12-10(13)7-9/h8-9H,2-7,11H2,1H3,(H,12,13). The molecule has 0 aromatic rings. The normalized spacial score (nSPS) is 25.3. The predicted octanol–water partition coefficient (Wildman–Crippen LogP) is 1.13. The lowest BCUT2D eigenvalue weighted by molar-refractivity contribution is -0.120. The van der Waals surface area contributed by atoms with Crippen molar-refractivity contribution in [1.82, 2.24) is 5.32 Å². The van der Waals surface area contributed by atoms with E-state index >= 15 is 0 Å². The molecule has 4 heteroatoms. The molecule has 1 rings (SSSR count). The van der Waals surface area contributed by atoms with Gasteiger partial charge in [-0.05, 0) is 31.9 Å². The van der Waals surface area contributed by atoms with Crippen LogP contribution in [0.15, 0.2) is 0 Å². The van der Waals surface area contributed by atoms with E-state index < -0.39 is 0 Å². The Hall–Kier alpha value is -0.220. The second-order valence-electron chi connectivity index (χ2n) is 3.96. The van der Waals surface area contributed by atoms with Gasteiger partial charge in [0.05, 0.1) is 0 Å². The number of carbonyl (C=O) groups is 1. The minimum Gasteiger partial charge on any atom is -0.356 e. The molecule has 0 aliphatic carbocycles. The number of amides is 1. The monoisotopic (exact) mass is 216 g/mol. The third kappa shape index (κ3) is 4.86. The highest BCUT2D eigenvalue weighted by atomic mass is 32.2. The summed E-state index contributed by atoms with van der Waals surface area (Å²) in [5, 5.41) is 3.41. The molecule has 1 amide bonds. The summed E-state index contributed by atoms with van der Waals surface area (Å²) in [5.41, 5.74) is 5.67. The maximum atomic E-state index is 11.2. The Morgan fingerprint density at radius 2 is 2.50 bits per heavy atom. The van der Waals surface area contributed by atoms with Crippen molar-refractivity contribution in [1.29, 1.82) is 0 Å². The van der Waals surface area contributed by atoms with E-state index in [1.54, 1.807) is 0 Å². The Balaban J connectivity index is 2.18.